The molecule has 0 atom stereocenters. The first-order valence-electron chi connectivity index (χ1n) is 5.52. The summed E-state index contributed by atoms with van der Waals surface area (Å²) in [6, 6.07) is 0. The van der Waals surface area contributed by atoms with Gasteiger partial charge in [0.2, 0.25) is 0 Å². The first kappa shape index (κ1) is 13.4. The molecule has 0 unspecified atom stereocenters. The highest BCUT2D eigenvalue weighted by Crippen LogP contribution is 2.10. The molecule has 0 fully saturated rings. The minimum absolute atomic E-state index is 1.07. The molecule has 0 aromatic carbocycles. The number of nitrogens with zero attached hydrogens (tertiary/aromatic N) is 1. The third kappa shape index (κ3) is 8.06. The van der Waals surface area contributed by atoms with Gasteiger partial charge in [0, 0.05) is 6.54 Å². The summed E-state index contributed by atoms with van der Waals surface area (Å²) in [6.07, 6.45) is 8.27. The quantitative estimate of drug-likeness (QED) is 0.585. The highest BCUT2D eigenvalue weighted by Gasteiger charge is 1.93. The van der Waals surface area contributed by atoms with Crippen molar-refractivity contribution in [2.75, 3.05) is 20.6 Å². The molecule has 0 saturated carbocycles. The zero-order valence-electron chi connectivity index (χ0n) is 10.4. The van der Waals surface area contributed by atoms with Crippen molar-refractivity contribution in [3.05, 3.63) is 23.3 Å². The van der Waals surface area contributed by atoms with Crippen LogP contribution in [0, 0.1) is 0 Å². The summed E-state index contributed by atoms with van der Waals surface area (Å²) in [7, 11) is 4.22. The molecular weight excluding hydrogens is 170 g/mol. The topological polar surface area (TPSA) is 3.24 Å². The van der Waals surface area contributed by atoms with Crippen molar-refractivity contribution >= 4 is 0 Å². The summed E-state index contributed by atoms with van der Waals surface area (Å²) in [4.78, 5) is 2.20. The van der Waals surface area contributed by atoms with E-state index in [1.807, 2.05) is 0 Å². The smallest absolute Gasteiger partial charge is 0.0159 e. The molecule has 0 aliphatic heterocycles. The van der Waals surface area contributed by atoms with Gasteiger partial charge >= 0.3 is 0 Å². The van der Waals surface area contributed by atoms with Gasteiger partial charge in [0.1, 0.15) is 0 Å². The third-order valence-electron chi connectivity index (χ3n) is 2.22. The number of allylic oxidation sites excluding steroid dienone is 3. The van der Waals surface area contributed by atoms with Gasteiger partial charge in [-0.25, -0.2) is 0 Å². The van der Waals surface area contributed by atoms with Crippen LogP contribution in [0.15, 0.2) is 23.3 Å². The van der Waals surface area contributed by atoms with E-state index in [0.29, 0.717) is 0 Å². The van der Waals surface area contributed by atoms with E-state index in [1.54, 1.807) is 5.57 Å². The van der Waals surface area contributed by atoms with Crippen molar-refractivity contribution in [1.82, 2.24) is 4.90 Å². The number of likely N-dealkylation sites (N-methyl/N-ethyl adjacent to an activating group) is 1. The second kappa shape index (κ2) is 7.81. The van der Waals surface area contributed by atoms with Crippen LogP contribution >= 0.6 is 0 Å². The van der Waals surface area contributed by atoms with Crippen LogP contribution in [-0.4, -0.2) is 25.5 Å². The van der Waals surface area contributed by atoms with Gasteiger partial charge in [-0.1, -0.05) is 30.2 Å². The van der Waals surface area contributed by atoms with E-state index in [4.69, 9.17) is 0 Å². The summed E-state index contributed by atoms with van der Waals surface area (Å²) in [6.45, 7) is 7.63. The Morgan fingerprint density at radius 1 is 1.14 bits per heavy atom. The molecule has 14 heavy (non-hydrogen) atoms. The van der Waals surface area contributed by atoms with Gasteiger partial charge in [-0.2, -0.15) is 0 Å². The Bertz CT molecular complexity index is 195. The van der Waals surface area contributed by atoms with Gasteiger partial charge in [0.15, 0.2) is 0 Å². The Morgan fingerprint density at radius 2 is 1.79 bits per heavy atom. The van der Waals surface area contributed by atoms with E-state index in [1.165, 1.54) is 24.8 Å². The Morgan fingerprint density at radius 3 is 2.21 bits per heavy atom. The molecule has 0 aromatic heterocycles. The summed E-state index contributed by atoms with van der Waals surface area (Å²) in [5, 5.41) is 0. The van der Waals surface area contributed by atoms with Crippen LogP contribution in [0.2, 0.25) is 0 Å². The monoisotopic (exact) mass is 195 g/mol. The Kier molecular flexibility index (Phi) is 7.50. The van der Waals surface area contributed by atoms with Crippen LogP contribution in [0.1, 0.15) is 40.0 Å². The lowest BCUT2D eigenvalue weighted by Gasteiger charge is -2.08. The summed E-state index contributed by atoms with van der Waals surface area (Å²) in [5.41, 5.74) is 3.00. The molecule has 0 rings (SSSR count). The second-order valence-electron chi connectivity index (χ2n) is 4.30. The van der Waals surface area contributed by atoms with Crippen molar-refractivity contribution in [2.24, 2.45) is 0 Å². The lowest BCUT2D eigenvalue weighted by molar-refractivity contribution is 0.454. The Labute approximate surface area is 89.5 Å². The average Bonchev–Trinajstić information content (AvgIpc) is 2.10. The SMILES string of the molecule is CC/C(=C\CN(C)C)CCC=C(C)C. The lowest BCUT2D eigenvalue weighted by Crippen LogP contribution is -2.11. The molecule has 0 bridgehead atoms. The van der Waals surface area contributed by atoms with Crippen molar-refractivity contribution < 1.29 is 0 Å². The molecule has 0 spiro atoms. The molecule has 0 amide bonds. The number of hydrogen-bond acceptors (Lipinski definition) is 1. The van der Waals surface area contributed by atoms with Gasteiger partial charge < -0.3 is 4.90 Å². The Balaban J connectivity index is 3.90. The van der Waals surface area contributed by atoms with Crippen LogP contribution in [-0.2, 0) is 0 Å². The molecule has 82 valence electrons. The van der Waals surface area contributed by atoms with E-state index in [-0.39, 0.29) is 0 Å². The molecule has 1 heteroatoms. The summed E-state index contributed by atoms with van der Waals surface area (Å²) < 4.78 is 0. The van der Waals surface area contributed by atoms with Crippen LogP contribution in [0.25, 0.3) is 0 Å². The van der Waals surface area contributed by atoms with Crippen LogP contribution < -0.4 is 0 Å². The first-order valence-corrected chi connectivity index (χ1v) is 5.52. The lowest BCUT2D eigenvalue weighted by atomic mass is 10.1. The van der Waals surface area contributed by atoms with Gasteiger partial charge in [-0.15, -0.1) is 0 Å². The molecule has 0 heterocycles. The molecule has 0 aliphatic carbocycles. The third-order valence-corrected chi connectivity index (χ3v) is 2.22. The van der Waals surface area contributed by atoms with Crippen molar-refractivity contribution in [3.8, 4) is 0 Å². The standard InChI is InChI=1S/C13H25N/c1-6-13(10-11-14(4)5)9-7-8-12(2)3/h8,10H,6-7,9,11H2,1-5H3/b13-10+. The second-order valence-corrected chi connectivity index (χ2v) is 4.30. The highest BCUT2D eigenvalue weighted by molar-refractivity contribution is 5.05. The van der Waals surface area contributed by atoms with Crippen molar-refractivity contribution in [1.29, 1.82) is 0 Å². The molecular formula is C13H25N. The van der Waals surface area contributed by atoms with E-state index >= 15 is 0 Å². The fourth-order valence-corrected chi connectivity index (χ4v) is 1.28. The van der Waals surface area contributed by atoms with Gasteiger partial charge in [-0.3, -0.25) is 0 Å². The largest absolute Gasteiger partial charge is 0.306 e. The van der Waals surface area contributed by atoms with Crippen LogP contribution in [0.3, 0.4) is 0 Å². The maximum absolute atomic E-state index is 2.36. The predicted octanol–water partition coefficient (Wildman–Crippen LogP) is 3.63. The number of rotatable bonds is 6. The van der Waals surface area contributed by atoms with Crippen molar-refractivity contribution in [3.63, 3.8) is 0 Å². The van der Waals surface area contributed by atoms with E-state index < -0.39 is 0 Å². The summed E-state index contributed by atoms with van der Waals surface area (Å²) >= 11 is 0. The minimum atomic E-state index is 1.07. The van der Waals surface area contributed by atoms with Gasteiger partial charge in [0.25, 0.3) is 0 Å². The van der Waals surface area contributed by atoms with Crippen molar-refractivity contribution in [2.45, 2.75) is 40.0 Å². The van der Waals surface area contributed by atoms with E-state index in [9.17, 15) is 0 Å². The van der Waals surface area contributed by atoms with Crippen LogP contribution in [0.5, 0.6) is 0 Å². The van der Waals surface area contributed by atoms with Crippen LogP contribution in [0.4, 0.5) is 0 Å². The summed E-state index contributed by atoms with van der Waals surface area (Å²) in [5.74, 6) is 0. The van der Waals surface area contributed by atoms with E-state index in [0.717, 1.165) is 6.54 Å². The zero-order chi connectivity index (χ0) is 11.0. The fourth-order valence-electron chi connectivity index (χ4n) is 1.28. The molecule has 0 aliphatic rings. The Hall–Kier alpha value is -0.560. The number of hydrogen-bond donors (Lipinski definition) is 0. The van der Waals surface area contributed by atoms with Gasteiger partial charge in [-0.05, 0) is 47.2 Å². The molecule has 0 N–H and O–H groups in total. The fraction of sp³-hybridized carbons (Fsp3) is 0.692. The normalized spacial score (nSPS) is 12.0. The molecule has 0 radical (unpaired) electrons. The first-order chi connectivity index (χ1) is 6.56. The van der Waals surface area contributed by atoms with Gasteiger partial charge in [0.05, 0.1) is 0 Å². The maximum atomic E-state index is 2.36. The minimum Gasteiger partial charge on any atom is -0.306 e. The van der Waals surface area contributed by atoms with E-state index in [2.05, 4.69) is 51.9 Å². The maximum Gasteiger partial charge on any atom is 0.0159 e. The highest BCUT2D eigenvalue weighted by atomic mass is 15.0. The zero-order valence-corrected chi connectivity index (χ0v) is 10.4. The average molecular weight is 195 g/mol. The predicted molar refractivity (Wildman–Crippen MR) is 65.6 cm³/mol. The molecule has 1 nitrogen and oxygen atoms in total. The molecule has 0 saturated heterocycles. The molecule has 0 aromatic rings.